The fourth-order valence-corrected chi connectivity index (χ4v) is 4.45. The lowest BCUT2D eigenvalue weighted by Gasteiger charge is -2.34. The quantitative estimate of drug-likeness (QED) is 0.473. The minimum absolute atomic E-state index is 0.0438. The Kier molecular flexibility index (Phi) is 4.99. The number of aromatic nitrogens is 2. The van der Waals surface area contributed by atoms with Gasteiger partial charge in [-0.1, -0.05) is 66.7 Å². The topological polar surface area (TPSA) is 39.5 Å². The average Bonchev–Trinajstić information content (AvgIpc) is 3.41. The fraction of sp³-hybridized carbons (Fsp3) is 0.240. The SMILES string of the molecule is CN1OC(COc2cccc3ccccc23)CC1(Cn1ccnc1)c1ccccc1. The Morgan fingerprint density at radius 2 is 1.83 bits per heavy atom. The molecule has 5 rings (SSSR count). The van der Waals surface area contributed by atoms with Gasteiger partial charge in [-0.25, -0.2) is 4.98 Å². The third kappa shape index (κ3) is 3.47. The average molecular weight is 399 g/mol. The Balaban J connectivity index is 1.39. The van der Waals surface area contributed by atoms with Crippen LogP contribution < -0.4 is 4.74 Å². The monoisotopic (exact) mass is 399 g/mol. The van der Waals surface area contributed by atoms with Gasteiger partial charge in [0.25, 0.3) is 0 Å². The number of benzene rings is 3. The first kappa shape index (κ1) is 18.9. The molecule has 0 amide bonds. The van der Waals surface area contributed by atoms with Crippen LogP contribution in [0.1, 0.15) is 12.0 Å². The normalized spacial score (nSPS) is 21.8. The van der Waals surface area contributed by atoms with E-state index in [0.29, 0.717) is 6.61 Å². The minimum atomic E-state index is -0.283. The molecule has 0 radical (unpaired) electrons. The first-order valence-corrected chi connectivity index (χ1v) is 10.3. The summed E-state index contributed by atoms with van der Waals surface area (Å²) in [5, 5.41) is 4.30. The van der Waals surface area contributed by atoms with Crippen LogP contribution in [-0.2, 0) is 16.9 Å². The summed E-state index contributed by atoms with van der Waals surface area (Å²) in [6.45, 7) is 1.26. The van der Waals surface area contributed by atoms with E-state index in [9.17, 15) is 0 Å². The van der Waals surface area contributed by atoms with E-state index in [-0.39, 0.29) is 11.6 Å². The van der Waals surface area contributed by atoms with Crippen molar-refractivity contribution in [3.8, 4) is 5.75 Å². The smallest absolute Gasteiger partial charge is 0.127 e. The van der Waals surface area contributed by atoms with Crippen molar-refractivity contribution in [2.75, 3.05) is 13.7 Å². The molecule has 2 atom stereocenters. The summed E-state index contributed by atoms with van der Waals surface area (Å²) in [4.78, 5) is 10.5. The molecule has 0 aliphatic carbocycles. The molecule has 30 heavy (non-hydrogen) atoms. The Labute approximate surface area is 176 Å². The molecule has 1 aromatic heterocycles. The van der Waals surface area contributed by atoms with Crippen molar-refractivity contribution in [3.63, 3.8) is 0 Å². The van der Waals surface area contributed by atoms with Gasteiger partial charge in [-0.2, -0.15) is 5.06 Å². The zero-order valence-corrected chi connectivity index (χ0v) is 17.0. The van der Waals surface area contributed by atoms with E-state index >= 15 is 0 Å². The van der Waals surface area contributed by atoms with Crippen molar-refractivity contribution in [2.45, 2.75) is 24.6 Å². The highest BCUT2D eigenvalue weighted by Gasteiger charge is 2.47. The van der Waals surface area contributed by atoms with Crippen LogP contribution in [0.4, 0.5) is 0 Å². The molecule has 3 aromatic carbocycles. The van der Waals surface area contributed by atoms with Gasteiger partial charge in [0.1, 0.15) is 18.5 Å². The second-order valence-electron chi connectivity index (χ2n) is 7.85. The van der Waals surface area contributed by atoms with Gasteiger partial charge in [0.2, 0.25) is 0 Å². The highest BCUT2D eigenvalue weighted by atomic mass is 16.7. The second kappa shape index (κ2) is 7.94. The summed E-state index contributed by atoms with van der Waals surface area (Å²) in [5.41, 5.74) is 0.947. The molecule has 1 aliphatic rings. The first-order valence-electron chi connectivity index (χ1n) is 10.3. The van der Waals surface area contributed by atoms with Crippen LogP contribution >= 0.6 is 0 Å². The zero-order valence-electron chi connectivity index (χ0n) is 17.0. The third-order valence-electron chi connectivity index (χ3n) is 5.96. The number of hydroxylamine groups is 2. The lowest BCUT2D eigenvalue weighted by Crippen LogP contribution is -2.41. The highest BCUT2D eigenvalue weighted by Crippen LogP contribution is 2.41. The van der Waals surface area contributed by atoms with Gasteiger partial charge in [-0.3, -0.25) is 4.84 Å². The highest BCUT2D eigenvalue weighted by molar-refractivity contribution is 5.88. The molecular formula is C25H25N3O2. The zero-order chi connectivity index (χ0) is 20.4. The maximum atomic E-state index is 6.29. The van der Waals surface area contributed by atoms with Gasteiger partial charge in [0, 0.05) is 37.8 Å². The Bertz CT molecular complexity index is 1110. The lowest BCUT2D eigenvalue weighted by molar-refractivity contribution is -0.179. The van der Waals surface area contributed by atoms with Crippen LogP contribution in [0.2, 0.25) is 0 Å². The number of ether oxygens (including phenoxy) is 1. The van der Waals surface area contributed by atoms with Crippen molar-refractivity contribution in [1.82, 2.24) is 14.6 Å². The van der Waals surface area contributed by atoms with E-state index in [1.807, 2.05) is 61.2 Å². The summed E-state index contributed by atoms with van der Waals surface area (Å²) < 4.78 is 8.36. The van der Waals surface area contributed by atoms with Gasteiger partial charge >= 0.3 is 0 Å². The molecule has 0 N–H and O–H groups in total. The summed E-state index contributed by atoms with van der Waals surface area (Å²) in [5.74, 6) is 0.895. The summed E-state index contributed by atoms with van der Waals surface area (Å²) >= 11 is 0. The van der Waals surface area contributed by atoms with E-state index in [2.05, 4.69) is 52.0 Å². The van der Waals surface area contributed by atoms with Crippen LogP contribution in [0.15, 0.2) is 91.5 Å². The molecule has 2 heterocycles. The molecular weight excluding hydrogens is 374 g/mol. The van der Waals surface area contributed by atoms with Crippen LogP contribution in [-0.4, -0.2) is 34.4 Å². The summed E-state index contributed by atoms with van der Waals surface area (Å²) in [6.07, 6.45) is 6.46. The Hall–Kier alpha value is -3.15. The number of imidazole rings is 1. The molecule has 1 saturated heterocycles. The van der Waals surface area contributed by atoms with Crippen molar-refractivity contribution in [3.05, 3.63) is 97.1 Å². The molecule has 4 aromatic rings. The second-order valence-corrected chi connectivity index (χ2v) is 7.85. The third-order valence-corrected chi connectivity index (χ3v) is 5.96. The minimum Gasteiger partial charge on any atom is -0.490 e. The van der Waals surface area contributed by atoms with Gasteiger partial charge in [0.05, 0.1) is 11.9 Å². The van der Waals surface area contributed by atoms with Crippen molar-refractivity contribution in [1.29, 1.82) is 0 Å². The van der Waals surface area contributed by atoms with Gasteiger partial charge in [-0.05, 0) is 17.0 Å². The summed E-state index contributed by atoms with van der Waals surface area (Å²) in [7, 11) is 2.02. The standard InChI is InChI=1S/C25H25N3O2/c1-27-25(18-28-15-14-26-19-28,21-10-3-2-4-11-21)16-22(30-27)17-29-24-13-7-9-20-8-5-6-12-23(20)24/h2-15,19,22H,16-18H2,1H3. The van der Waals surface area contributed by atoms with E-state index in [1.54, 1.807) is 0 Å². The number of hydrogen-bond acceptors (Lipinski definition) is 4. The molecule has 0 spiro atoms. The largest absolute Gasteiger partial charge is 0.490 e. The Morgan fingerprint density at radius 1 is 1.03 bits per heavy atom. The maximum absolute atomic E-state index is 6.29. The number of hydrogen-bond donors (Lipinski definition) is 0. The van der Waals surface area contributed by atoms with Crippen molar-refractivity contribution >= 4 is 10.8 Å². The molecule has 152 valence electrons. The molecule has 1 fully saturated rings. The van der Waals surface area contributed by atoms with Crippen molar-refractivity contribution in [2.24, 2.45) is 0 Å². The molecule has 0 bridgehead atoms. The van der Waals surface area contributed by atoms with Gasteiger partial charge in [-0.15, -0.1) is 0 Å². The molecule has 5 nitrogen and oxygen atoms in total. The van der Waals surface area contributed by atoms with Gasteiger partial charge < -0.3 is 9.30 Å². The van der Waals surface area contributed by atoms with Gasteiger partial charge in [0.15, 0.2) is 0 Å². The van der Waals surface area contributed by atoms with Crippen LogP contribution in [0.5, 0.6) is 5.75 Å². The number of likely N-dealkylation sites (N-methyl/N-ethyl adjacent to an activating group) is 1. The predicted octanol–water partition coefficient (Wildman–Crippen LogP) is 4.65. The van der Waals surface area contributed by atoms with E-state index in [0.717, 1.165) is 24.1 Å². The molecule has 5 heteroatoms. The summed E-state index contributed by atoms with van der Waals surface area (Å²) in [6, 6.07) is 25.0. The maximum Gasteiger partial charge on any atom is 0.127 e. The van der Waals surface area contributed by atoms with E-state index in [4.69, 9.17) is 9.57 Å². The van der Waals surface area contributed by atoms with Crippen LogP contribution in [0, 0.1) is 0 Å². The van der Waals surface area contributed by atoms with Crippen LogP contribution in [0.3, 0.4) is 0 Å². The Morgan fingerprint density at radius 3 is 2.67 bits per heavy atom. The van der Waals surface area contributed by atoms with E-state index in [1.165, 1.54) is 10.9 Å². The first-order chi connectivity index (χ1) is 14.7. The lowest BCUT2D eigenvalue weighted by atomic mass is 9.85. The number of fused-ring (bicyclic) bond motifs is 1. The number of rotatable bonds is 6. The van der Waals surface area contributed by atoms with Crippen molar-refractivity contribution < 1.29 is 9.57 Å². The molecule has 0 saturated carbocycles. The fourth-order valence-electron chi connectivity index (χ4n) is 4.45. The number of nitrogens with zero attached hydrogens (tertiary/aromatic N) is 3. The van der Waals surface area contributed by atoms with E-state index < -0.39 is 0 Å². The van der Waals surface area contributed by atoms with Crippen LogP contribution in [0.25, 0.3) is 10.8 Å². The molecule has 2 unspecified atom stereocenters. The predicted molar refractivity (Wildman–Crippen MR) is 117 cm³/mol. The molecule has 1 aliphatic heterocycles.